The van der Waals surface area contributed by atoms with Crippen molar-refractivity contribution in [1.29, 1.82) is 0 Å². The van der Waals surface area contributed by atoms with Crippen molar-refractivity contribution >= 4 is 0 Å². The SMILES string of the molecule is CC(C)(C)c1ccc(C2CCC(F)(F)CO2)nc1. The maximum atomic E-state index is 13.0. The number of nitrogens with zero attached hydrogens (tertiary/aromatic N) is 1. The van der Waals surface area contributed by atoms with Crippen molar-refractivity contribution in [3.05, 3.63) is 29.6 Å². The van der Waals surface area contributed by atoms with Crippen LogP contribution < -0.4 is 0 Å². The van der Waals surface area contributed by atoms with Crippen LogP contribution in [0.4, 0.5) is 8.78 Å². The van der Waals surface area contributed by atoms with Crippen molar-refractivity contribution in [3.8, 4) is 0 Å². The van der Waals surface area contributed by atoms with Crippen LogP contribution in [0.25, 0.3) is 0 Å². The Kier molecular flexibility index (Phi) is 3.41. The van der Waals surface area contributed by atoms with Crippen molar-refractivity contribution in [2.24, 2.45) is 0 Å². The molecule has 0 amide bonds. The lowest BCUT2D eigenvalue weighted by molar-refractivity contribution is -0.146. The number of hydrogen-bond acceptors (Lipinski definition) is 2. The maximum absolute atomic E-state index is 13.0. The van der Waals surface area contributed by atoms with Crippen molar-refractivity contribution < 1.29 is 13.5 Å². The van der Waals surface area contributed by atoms with Gasteiger partial charge in [0.25, 0.3) is 5.92 Å². The summed E-state index contributed by atoms with van der Waals surface area (Å²) in [6.07, 6.45) is 1.72. The van der Waals surface area contributed by atoms with Crippen LogP contribution in [0.5, 0.6) is 0 Å². The summed E-state index contributed by atoms with van der Waals surface area (Å²) in [5.74, 6) is -2.68. The number of alkyl halides is 2. The molecule has 18 heavy (non-hydrogen) atoms. The largest absolute Gasteiger partial charge is 0.366 e. The molecule has 2 rings (SSSR count). The van der Waals surface area contributed by atoms with E-state index in [4.69, 9.17) is 4.74 Å². The zero-order valence-electron chi connectivity index (χ0n) is 11.0. The normalized spacial score (nSPS) is 23.9. The number of halogens is 2. The van der Waals surface area contributed by atoms with E-state index in [-0.39, 0.29) is 17.9 Å². The highest BCUT2D eigenvalue weighted by Gasteiger charge is 2.36. The van der Waals surface area contributed by atoms with Crippen LogP contribution in [0.15, 0.2) is 18.3 Å². The molecule has 0 aromatic carbocycles. The molecule has 0 bridgehead atoms. The van der Waals surface area contributed by atoms with Crippen LogP contribution in [0.3, 0.4) is 0 Å². The van der Waals surface area contributed by atoms with Crippen LogP contribution >= 0.6 is 0 Å². The van der Waals surface area contributed by atoms with Gasteiger partial charge in [-0.2, -0.15) is 0 Å². The standard InChI is InChI=1S/C14H19F2NO/c1-13(2,3)10-4-5-11(17-8-10)12-6-7-14(15,16)9-18-12/h4-5,8,12H,6-7,9H2,1-3H3. The van der Waals surface area contributed by atoms with Gasteiger partial charge in [0, 0.05) is 12.6 Å². The van der Waals surface area contributed by atoms with Crippen LogP contribution in [-0.2, 0) is 10.2 Å². The van der Waals surface area contributed by atoms with Crippen molar-refractivity contribution in [2.45, 2.75) is 51.1 Å². The molecule has 0 saturated carbocycles. The molecule has 1 aliphatic heterocycles. The first kappa shape index (κ1) is 13.4. The summed E-state index contributed by atoms with van der Waals surface area (Å²) in [5.41, 5.74) is 1.93. The summed E-state index contributed by atoms with van der Waals surface area (Å²) in [6, 6.07) is 3.88. The number of aromatic nitrogens is 1. The third-order valence-corrected chi connectivity index (χ3v) is 3.25. The van der Waals surface area contributed by atoms with E-state index >= 15 is 0 Å². The Morgan fingerprint density at radius 3 is 2.50 bits per heavy atom. The quantitative estimate of drug-likeness (QED) is 0.760. The Labute approximate surface area is 106 Å². The summed E-state index contributed by atoms with van der Waals surface area (Å²) in [7, 11) is 0. The highest BCUT2D eigenvalue weighted by Crippen LogP contribution is 2.35. The second-order valence-corrected chi connectivity index (χ2v) is 5.92. The molecule has 100 valence electrons. The van der Waals surface area contributed by atoms with Crippen LogP contribution in [0.1, 0.15) is 51.0 Å². The molecule has 2 nitrogen and oxygen atoms in total. The Morgan fingerprint density at radius 2 is 2.06 bits per heavy atom. The Bertz CT molecular complexity index is 399. The molecule has 1 aliphatic rings. The van der Waals surface area contributed by atoms with E-state index < -0.39 is 12.5 Å². The first-order valence-electron chi connectivity index (χ1n) is 6.24. The van der Waals surface area contributed by atoms with E-state index in [0.29, 0.717) is 6.42 Å². The monoisotopic (exact) mass is 255 g/mol. The van der Waals surface area contributed by atoms with Gasteiger partial charge in [-0.05, 0) is 23.5 Å². The smallest absolute Gasteiger partial charge is 0.271 e. The molecule has 4 heteroatoms. The second-order valence-electron chi connectivity index (χ2n) is 5.92. The predicted molar refractivity (Wildman–Crippen MR) is 65.8 cm³/mol. The predicted octanol–water partition coefficient (Wildman–Crippen LogP) is 3.87. The molecular weight excluding hydrogens is 236 g/mol. The summed E-state index contributed by atoms with van der Waals surface area (Å²) < 4.78 is 31.1. The first-order chi connectivity index (χ1) is 8.28. The average molecular weight is 255 g/mol. The van der Waals surface area contributed by atoms with E-state index in [9.17, 15) is 8.78 Å². The number of ether oxygens (including phenoxy) is 1. The molecule has 0 N–H and O–H groups in total. The Hall–Kier alpha value is -1.03. The summed E-state index contributed by atoms with van der Waals surface area (Å²) >= 11 is 0. The first-order valence-corrected chi connectivity index (χ1v) is 6.24. The van der Waals surface area contributed by atoms with E-state index in [2.05, 4.69) is 25.8 Å². The molecule has 1 unspecified atom stereocenters. The van der Waals surface area contributed by atoms with Gasteiger partial charge in [0.05, 0.1) is 11.8 Å². The molecule has 2 heterocycles. The van der Waals surface area contributed by atoms with E-state index in [1.165, 1.54) is 0 Å². The molecule has 1 aromatic rings. The summed E-state index contributed by atoms with van der Waals surface area (Å²) in [5, 5.41) is 0. The average Bonchev–Trinajstić information content (AvgIpc) is 2.28. The van der Waals surface area contributed by atoms with E-state index in [1.54, 1.807) is 0 Å². The van der Waals surface area contributed by atoms with Gasteiger partial charge < -0.3 is 4.74 Å². The zero-order valence-corrected chi connectivity index (χ0v) is 11.0. The number of pyridine rings is 1. The van der Waals surface area contributed by atoms with Gasteiger partial charge >= 0.3 is 0 Å². The van der Waals surface area contributed by atoms with Gasteiger partial charge in [-0.25, -0.2) is 8.78 Å². The van der Waals surface area contributed by atoms with Crippen LogP contribution in [0, 0.1) is 0 Å². The molecule has 1 fully saturated rings. The molecule has 0 spiro atoms. The lowest BCUT2D eigenvalue weighted by Crippen LogP contribution is -2.31. The highest BCUT2D eigenvalue weighted by molar-refractivity contribution is 5.22. The van der Waals surface area contributed by atoms with Gasteiger partial charge in [0.15, 0.2) is 0 Å². The maximum Gasteiger partial charge on any atom is 0.271 e. The van der Waals surface area contributed by atoms with Crippen molar-refractivity contribution in [2.75, 3.05) is 6.61 Å². The summed E-state index contributed by atoms with van der Waals surface area (Å²) in [6.45, 7) is 5.84. The Morgan fingerprint density at radius 1 is 1.33 bits per heavy atom. The fourth-order valence-electron chi connectivity index (χ4n) is 1.99. The molecule has 1 aromatic heterocycles. The lowest BCUT2D eigenvalue weighted by Gasteiger charge is -2.28. The molecular formula is C14H19F2NO. The lowest BCUT2D eigenvalue weighted by atomic mass is 9.88. The van der Waals surface area contributed by atoms with Crippen LogP contribution in [0.2, 0.25) is 0 Å². The van der Waals surface area contributed by atoms with Gasteiger partial charge in [-0.3, -0.25) is 4.98 Å². The van der Waals surface area contributed by atoms with Gasteiger partial charge in [-0.1, -0.05) is 26.8 Å². The third kappa shape index (κ3) is 3.05. The fraction of sp³-hybridized carbons (Fsp3) is 0.643. The Balaban J connectivity index is 2.07. The minimum Gasteiger partial charge on any atom is -0.366 e. The summed E-state index contributed by atoms with van der Waals surface area (Å²) in [4.78, 5) is 4.35. The number of rotatable bonds is 1. The molecule has 1 saturated heterocycles. The fourth-order valence-corrected chi connectivity index (χ4v) is 1.99. The van der Waals surface area contributed by atoms with Crippen molar-refractivity contribution in [1.82, 2.24) is 4.98 Å². The minimum absolute atomic E-state index is 0.0476. The van der Waals surface area contributed by atoms with E-state index in [1.807, 2.05) is 18.3 Å². The topological polar surface area (TPSA) is 22.1 Å². The van der Waals surface area contributed by atoms with Gasteiger partial charge in [-0.15, -0.1) is 0 Å². The zero-order chi connectivity index (χ0) is 13.4. The molecule has 0 radical (unpaired) electrons. The van der Waals surface area contributed by atoms with Crippen molar-refractivity contribution in [3.63, 3.8) is 0 Å². The van der Waals surface area contributed by atoms with E-state index in [0.717, 1.165) is 11.3 Å². The van der Waals surface area contributed by atoms with Gasteiger partial charge in [0.1, 0.15) is 6.61 Å². The highest BCUT2D eigenvalue weighted by atomic mass is 19.3. The number of hydrogen-bond donors (Lipinski definition) is 0. The van der Waals surface area contributed by atoms with Gasteiger partial charge in [0.2, 0.25) is 0 Å². The molecule has 0 aliphatic carbocycles. The second kappa shape index (κ2) is 4.57. The minimum atomic E-state index is -2.68. The molecule has 1 atom stereocenters. The third-order valence-electron chi connectivity index (χ3n) is 3.25. The van der Waals surface area contributed by atoms with Crippen LogP contribution in [-0.4, -0.2) is 17.5 Å².